The highest BCUT2D eigenvalue weighted by molar-refractivity contribution is 5.95. The van der Waals surface area contributed by atoms with E-state index >= 15 is 0 Å². The lowest BCUT2D eigenvalue weighted by molar-refractivity contribution is -0.116. The maximum Gasteiger partial charge on any atom is 0.244 e. The van der Waals surface area contributed by atoms with Crippen LogP contribution in [0.25, 0.3) is 17.1 Å². The molecule has 0 aliphatic heterocycles. The van der Waals surface area contributed by atoms with Crippen LogP contribution in [0.15, 0.2) is 55.1 Å². The Balaban J connectivity index is 1.55. The van der Waals surface area contributed by atoms with Gasteiger partial charge in [0.2, 0.25) is 5.91 Å². The number of carbonyl (C=O) groups is 1. The third-order valence-corrected chi connectivity index (χ3v) is 3.36. The van der Waals surface area contributed by atoms with Gasteiger partial charge in [-0.2, -0.15) is 0 Å². The molecule has 2 N–H and O–H groups in total. The molecule has 5 heteroatoms. The second-order valence-electron chi connectivity index (χ2n) is 4.89. The number of carbonyl (C=O) groups excluding carboxylic acids is 1. The molecule has 2 aromatic heterocycles. The fraction of sp³-hybridized carbons (Fsp3) is 0.118. The van der Waals surface area contributed by atoms with Crippen LogP contribution in [-0.2, 0) is 11.2 Å². The first-order valence-corrected chi connectivity index (χ1v) is 7.10. The number of H-pyrrole nitrogens is 1. The fourth-order valence-electron chi connectivity index (χ4n) is 2.22. The lowest BCUT2D eigenvalue weighted by Crippen LogP contribution is -2.23. The van der Waals surface area contributed by atoms with Crippen molar-refractivity contribution >= 4 is 23.0 Å². The quantitative estimate of drug-likeness (QED) is 0.709. The standard InChI is InChI=1S/C17H16N4O/c22-16(19-9-8-13-4-2-1-3-5-13)7-6-14-10-20-17-15(14)11-18-12-21-17/h1-7,10-12H,8-9H2,(H,19,22)(H,18,20,21)/b7-6+. The van der Waals surface area contributed by atoms with E-state index in [2.05, 4.69) is 20.3 Å². The average molecular weight is 292 g/mol. The summed E-state index contributed by atoms with van der Waals surface area (Å²) >= 11 is 0. The first-order valence-electron chi connectivity index (χ1n) is 7.10. The number of amides is 1. The number of aromatic nitrogens is 3. The fourth-order valence-corrected chi connectivity index (χ4v) is 2.22. The molecule has 0 saturated carbocycles. The summed E-state index contributed by atoms with van der Waals surface area (Å²) in [5.41, 5.74) is 2.87. The van der Waals surface area contributed by atoms with Crippen LogP contribution in [0.5, 0.6) is 0 Å². The van der Waals surface area contributed by atoms with Gasteiger partial charge in [0.1, 0.15) is 12.0 Å². The van der Waals surface area contributed by atoms with Gasteiger partial charge in [-0.05, 0) is 18.1 Å². The van der Waals surface area contributed by atoms with Gasteiger partial charge in [0.25, 0.3) is 0 Å². The Morgan fingerprint density at radius 3 is 3.00 bits per heavy atom. The Labute approximate surface area is 128 Å². The molecule has 1 aromatic carbocycles. The molecule has 0 spiro atoms. The Kier molecular flexibility index (Phi) is 4.25. The zero-order chi connectivity index (χ0) is 15.2. The molecule has 0 fully saturated rings. The zero-order valence-electron chi connectivity index (χ0n) is 12.0. The van der Waals surface area contributed by atoms with Gasteiger partial charge in [0, 0.05) is 36.0 Å². The van der Waals surface area contributed by atoms with E-state index in [0.717, 1.165) is 23.0 Å². The van der Waals surface area contributed by atoms with Crippen molar-refractivity contribution in [3.8, 4) is 0 Å². The molecule has 3 rings (SSSR count). The average Bonchev–Trinajstić information content (AvgIpc) is 2.97. The van der Waals surface area contributed by atoms with Crippen molar-refractivity contribution in [2.45, 2.75) is 6.42 Å². The van der Waals surface area contributed by atoms with Crippen LogP contribution in [0.2, 0.25) is 0 Å². The monoisotopic (exact) mass is 292 g/mol. The van der Waals surface area contributed by atoms with Crippen molar-refractivity contribution in [2.75, 3.05) is 6.54 Å². The van der Waals surface area contributed by atoms with Gasteiger partial charge < -0.3 is 10.3 Å². The van der Waals surface area contributed by atoms with Gasteiger partial charge in [0.05, 0.1) is 0 Å². The summed E-state index contributed by atoms with van der Waals surface area (Å²) in [7, 11) is 0. The third kappa shape index (κ3) is 3.38. The second kappa shape index (κ2) is 6.67. The Morgan fingerprint density at radius 1 is 1.27 bits per heavy atom. The summed E-state index contributed by atoms with van der Waals surface area (Å²) in [6, 6.07) is 10.1. The van der Waals surface area contributed by atoms with Gasteiger partial charge in [-0.25, -0.2) is 9.97 Å². The van der Waals surface area contributed by atoms with Crippen molar-refractivity contribution in [2.24, 2.45) is 0 Å². The molecule has 3 aromatic rings. The predicted octanol–water partition coefficient (Wildman–Crippen LogP) is 2.33. The SMILES string of the molecule is O=C(/C=C/c1c[nH]c2ncncc12)NCCc1ccccc1. The van der Waals surface area contributed by atoms with Crippen LogP contribution >= 0.6 is 0 Å². The normalized spacial score (nSPS) is 11.1. The molecule has 2 heterocycles. The molecule has 22 heavy (non-hydrogen) atoms. The largest absolute Gasteiger partial charge is 0.352 e. The molecule has 0 radical (unpaired) electrons. The number of rotatable bonds is 5. The summed E-state index contributed by atoms with van der Waals surface area (Å²) in [4.78, 5) is 23.0. The zero-order valence-corrected chi connectivity index (χ0v) is 12.0. The minimum atomic E-state index is -0.109. The Hall–Kier alpha value is -2.95. The molecule has 1 amide bonds. The molecule has 110 valence electrons. The number of hydrogen-bond donors (Lipinski definition) is 2. The summed E-state index contributed by atoms with van der Waals surface area (Å²) in [5.74, 6) is -0.109. The van der Waals surface area contributed by atoms with Gasteiger partial charge in [-0.15, -0.1) is 0 Å². The molecule has 0 atom stereocenters. The molecular formula is C17H16N4O. The predicted molar refractivity (Wildman–Crippen MR) is 86.1 cm³/mol. The van der Waals surface area contributed by atoms with Crippen LogP contribution in [0.1, 0.15) is 11.1 Å². The summed E-state index contributed by atoms with van der Waals surface area (Å²) < 4.78 is 0. The lowest BCUT2D eigenvalue weighted by atomic mass is 10.1. The van der Waals surface area contributed by atoms with Gasteiger partial charge >= 0.3 is 0 Å². The second-order valence-corrected chi connectivity index (χ2v) is 4.89. The molecule has 5 nitrogen and oxygen atoms in total. The molecule has 0 aliphatic carbocycles. The van der Waals surface area contributed by atoms with E-state index in [4.69, 9.17) is 0 Å². The van der Waals surface area contributed by atoms with E-state index in [9.17, 15) is 4.79 Å². The molecule has 0 saturated heterocycles. The molecule has 0 unspecified atom stereocenters. The molecule has 0 aliphatic rings. The summed E-state index contributed by atoms with van der Waals surface area (Å²) in [5, 5.41) is 3.77. The van der Waals surface area contributed by atoms with E-state index in [1.807, 2.05) is 36.5 Å². The molecule has 0 bridgehead atoms. The topological polar surface area (TPSA) is 70.7 Å². The maximum atomic E-state index is 11.8. The summed E-state index contributed by atoms with van der Waals surface area (Å²) in [6.07, 6.45) is 9.14. The van der Waals surface area contributed by atoms with E-state index in [1.54, 1.807) is 12.3 Å². The highest BCUT2D eigenvalue weighted by atomic mass is 16.1. The Morgan fingerprint density at radius 2 is 2.14 bits per heavy atom. The van der Waals surface area contributed by atoms with Crippen LogP contribution in [0.4, 0.5) is 0 Å². The van der Waals surface area contributed by atoms with Crippen LogP contribution < -0.4 is 5.32 Å². The minimum absolute atomic E-state index is 0.109. The van der Waals surface area contributed by atoms with Gasteiger partial charge in [-0.1, -0.05) is 30.3 Å². The van der Waals surface area contributed by atoms with Crippen LogP contribution in [-0.4, -0.2) is 27.4 Å². The smallest absolute Gasteiger partial charge is 0.244 e. The summed E-state index contributed by atoms with van der Waals surface area (Å²) in [6.45, 7) is 0.615. The molecular weight excluding hydrogens is 276 g/mol. The minimum Gasteiger partial charge on any atom is -0.352 e. The van der Waals surface area contributed by atoms with Crippen molar-refractivity contribution in [1.82, 2.24) is 20.3 Å². The van der Waals surface area contributed by atoms with Crippen LogP contribution in [0, 0.1) is 0 Å². The number of hydrogen-bond acceptors (Lipinski definition) is 3. The van der Waals surface area contributed by atoms with Crippen LogP contribution in [0.3, 0.4) is 0 Å². The number of aromatic amines is 1. The van der Waals surface area contributed by atoms with E-state index in [-0.39, 0.29) is 5.91 Å². The van der Waals surface area contributed by atoms with Crippen molar-refractivity contribution in [3.63, 3.8) is 0 Å². The van der Waals surface area contributed by atoms with E-state index in [1.165, 1.54) is 18.0 Å². The maximum absolute atomic E-state index is 11.8. The highest BCUT2D eigenvalue weighted by Crippen LogP contribution is 2.15. The third-order valence-electron chi connectivity index (χ3n) is 3.36. The first kappa shape index (κ1) is 14.0. The van der Waals surface area contributed by atoms with Crippen molar-refractivity contribution < 1.29 is 4.79 Å². The van der Waals surface area contributed by atoms with E-state index in [0.29, 0.717) is 6.54 Å². The number of fused-ring (bicyclic) bond motifs is 1. The number of nitrogens with zero attached hydrogens (tertiary/aromatic N) is 2. The van der Waals surface area contributed by atoms with Gasteiger partial charge in [0.15, 0.2) is 0 Å². The van der Waals surface area contributed by atoms with E-state index < -0.39 is 0 Å². The van der Waals surface area contributed by atoms with Gasteiger partial charge in [-0.3, -0.25) is 4.79 Å². The van der Waals surface area contributed by atoms with Crippen molar-refractivity contribution in [1.29, 1.82) is 0 Å². The van der Waals surface area contributed by atoms with Crippen molar-refractivity contribution in [3.05, 3.63) is 66.3 Å². The number of benzene rings is 1. The Bertz CT molecular complexity index is 793. The first-order chi connectivity index (χ1) is 10.8. The highest BCUT2D eigenvalue weighted by Gasteiger charge is 2.02. The lowest BCUT2D eigenvalue weighted by Gasteiger charge is -2.02. The number of nitrogens with one attached hydrogen (secondary N) is 2.